The standard InChI is InChI=1S/C40H52FN5O8S/c1-24-33-28(29-20-26(41)14-15-30(29)42-24)16-17-39(54-33)22-32-34(47)44-40(36(49)45-55(51,52)38(2)18-19-38)21-25(40)10-6-4-3-5-7-13-31(35(48)46(32)23-39)43-37(50)53-27-11-8-9-12-27/h6,10,14-15,20,25,27,31-32,36,45,49H,3-5,7-9,11-13,16-19,21-23H2,1-2H3,(H,43,50)(H,44,47). The van der Waals surface area contributed by atoms with Gasteiger partial charge in [-0.3, -0.25) is 9.59 Å². The lowest BCUT2D eigenvalue weighted by molar-refractivity contribution is -0.141. The number of aliphatic hydroxyl groups is 1. The van der Waals surface area contributed by atoms with Crippen LogP contribution in [0.5, 0.6) is 5.75 Å². The molecule has 6 unspecified atom stereocenters. The molecule has 13 nitrogen and oxygen atoms in total. The highest BCUT2D eigenvalue weighted by atomic mass is 32.2. The highest BCUT2D eigenvalue weighted by molar-refractivity contribution is 7.91. The largest absolute Gasteiger partial charge is 0.483 e. The van der Waals surface area contributed by atoms with Crippen molar-refractivity contribution >= 4 is 38.8 Å². The number of hydrogen-bond acceptors (Lipinski definition) is 9. The third-order valence-electron chi connectivity index (χ3n) is 13.0. The molecule has 1 aromatic heterocycles. The predicted molar refractivity (Wildman–Crippen MR) is 201 cm³/mol. The van der Waals surface area contributed by atoms with Crippen molar-refractivity contribution in [2.24, 2.45) is 5.92 Å². The summed E-state index contributed by atoms with van der Waals surface area (Å²) in [5.41, 5.74) is -0.285. The molecule has 3 amide bonds. The number of rotatable bonds is 6. The summed E-state index contributed by atoms with van der Waals surface area (Å²) in [6, 6.07) is 2.41. The molecule has 0 radical (unpaired) electrons. The fraction of sp³-hybridized carbons (Fsp3) is 0.650. The average Bonchev–Trinajstić information content (AvgIpc) is 3.94. The van der Waals surface area contributed by atoms with Crippen molar-refractivity contribution in [3.05, 3.63) is 47.4 Å². The minimum atomic E-state index is -3.90. The number of nitrogens with zero attached hydrogens (tertiary/aromatic N) is 2. The Hall–Kier alpha value is -3.82. The van der Waals surface area contributed by atoms with Crippen molar-refractivity contribution in [3.63, 3.8) is 0 Å². The number of aryl methyl sites for hydroxylation is 2. The number of amides is 3. The number of fused-ring (bicyclic) bond motifs is 5. The Morgan fingerprint density at radius 2 is 1.87 bits per heavy atom. The Balaban J connectivity index is 1.12. The number of allylic oxidation sites excluding steroid dienone is 1. The van der Waals surface area contributed by atoms with Crippen molar-refractivity contribution in [2.45, 2.75) is 150 Å². The lowest BCUT2D eigenvalue weighted by atomic mass is 9.87. The van der Waals surface area contributed by atoms with E-state index in [0.717, 1.165) is 50.5 Å². The number of aromatic nitrogens is 1. The maximum Gasteiger partial charge on any atom is 0.408 e. The van der Waals surface area contributed by atoms with Gasteiger partial charge in [0.15, 0.2) is 0 Å². The first-order valence-corrected chi connectivity index (χ1v) is 21.4. The van der Waals surface area contributed by atoms with Crippen LogP contribution in [0.25, 0.3) is 10.9 Å². The number of sulfonamides is 1. The maximum atomic E-state index is 14.8. The number of ether oxygens (including phenoxy) is 2. The average molecular weight is 782 g/mol. The molecular weight excluding hydrogens is 730 g/mol. The van der Waals surface area contributed by atoms with Gasteiger partial charge in [-0.2, -0.15) is 4.72 Å². The van der Waals surface area contributed by atoms with Crippen LogP contribution in [0.2, 0.25) is 0 Å². The van der Waals surface area contributed by atoms with E-state index in [2.05, 4.69) is 20.3 Å². The summed E-state index contributed by atoms with van der Waals surface area (Å²) in [6.07, 6.45) is 10.5. The highest BCUT2D eigenvalue weighted by Crippen LogP contribution is 2.50. The number of nitrogens with one attached hydrogen (secondary N) is 3. The summed E-state index contributed by atoms with van der Waals surface area (Å²) in [5, 5.41) is 18.1. The first-order valence-electron chi connectivity index (χ1n) is 20.0. The highest BCUT2D eigenvalue weighted by Gasteiger charge is 2.63. The van der Waals surface area contributed by atoms with E-state index in [4.69, 9.17) is 9.47 Å². The van der Waals surface area contributed by atoms with E-state index in [1.807, 2.05) is 19.1 Å². The second-order valence-electron chi connectivity index (χ2n) is 17.0. The van der Waals surface area contributed by atoms with Crippen molar-refractivity contribution < 1.29 is 41.8 Å². The molecule has 6 atom stereocenters. The Bertz CT molecular complexity index is 2020. The van der Waals surface area contributed by atoms with E-state index >= 15 is 0 Å². The van der Waals surface area contributed by atoms with Crippen LogP contribution in [0.3, 0.4) is 0 Å². The molecular formula is C40H52FN5O8S. The summed E-state index contributed by atoms with van der Waals surface area (Å²) in [5.74, 6) is -1.23. The molecule has 55 heavy (non-hydrogen) atoms. The number of carbonyl (C=O) groups excluding carboxylic acids is 3. The number of pyridine rings is 1. The van der Waals surface area contributed by atoms with E-state index < -0.39 is 67.9 Å². The second-order valence-corrected chi connectivity index (χ2v) is 19.3. The van der Waals surface area contributed by atoms with E-state index in [9.17, 15) is 32.3 Å². The van der Waals surface area contributed by atoms with Crippen molar-refractivity contribution in [2.75, 3.05) is 6.54 Å². The zero-order valence-corrected chi connectivity index (χ0v) is 32.4. The number of aliphatic hydroxyl groups excluding tert-OH is 1. The number of hydrogen-bond donors (Lipinski definition) is 4. The molecule has 2 aromatic rings. The summed E-state index contributed by atoms with van der Waals surface area (Å²) in [6.45, 7) is 3.48. The molecule has 1 aromatic carbocycles. The van der Waals surface area contributed by atoms with Crippen LogP contribution in [0.4, 0.5) is 9.18 Å². The first-order chi connectivity index (χ1) is 26.2. The third-order valence-corrected chi connectivity index (χ3v) is 15.2. The molecule has 298 valence electrons. The maximum absolute atomic E-state index is 14.8. The van der Waals surface area contributed by atoms with Crippen LogP contribution < -0.4 is 20.1 Å². The van der Waals surface area contributed by atoms with Crippen molar-refractivity contribution in [3.8, 4) is 5.75 Å². The molecule has 8 rings (SSSR count). The molecule has 0 bridgehead atoms. The third kappa shape index (κ3) is 7.32. The van der Waals surface area contributed by atoms with Gasteiger partial charge in [0.2, 0.25) is 21.8 Å². The van der Waals surface area contributed by atoms with E-state index in [1.165, 1.54) is 17.0 Å². The van der Waals surface area contributed by atoms with Gasteiger partial charge in [0.25, 0.3) is 0 Å². The van der Waals surface area contributed by atoms with Gasteiger partial charge in [0.05, 0.1) is 28.0 Å². The summed E-state index contributed by atoms with van der Waals surface area (Å²) < 4.78 is 54.9. The lowest BCUT2D eigenvalue weighted by Gasteiger charge is -2.36. The monoisotopic (exact) mass is 781 g/mol. The quantitative estimate of drug-likeness (QED) is 0.242. The SMILES string of the molecule is Cc1nc2ccc(F)cc2c2c1OC1(CC2)CC2C(=O)NC3(C(O)NS(=O)(=O)C4(C)CC4)CC3C=CCCCCCC(NC(=O)OC3CCCC3)C(=O)N2C1. The minimum Gasteiger partial charge on any atom is -0.483 e. The molecule has 3 aliphatic carbocycles. The minimum absolute atomic E-state index is 0.0315. The molecule has 1 spiro atoms. The lowest BCUT2D eigenvalue weighted by Crippen LogP contribution is -2.60. The zero-order valence-electron chi connectivity index (χ0n) is 31.6. The smallest absolute Gasteiger partial charge is 0.408 e. The van der Waals surface area contributed by atoms with Gasteiger partial charge in [0.1, 0.15) is 41.6 Å². The first kappa shape index (κ1) is 38.1. The Morgan fingerprint density at radius 3 is 2.64 bits per heavy atom. The van der Waals surface area contributed by atoms with Gasteiger partial charge in [-0.25, -0.2) is 22.6 Å². The Kier molecular flexibility index (Phi) is 9.89. The van der Waals surface area contributed by atoms with Crippen LogP contribution in [-0.4, -0.2) is 88.2 Å². The van der Waals surface area contributed by atoms with Gasteiger partial charge in [-0.15, -0.1) is 0 Å². The molecule has 4 fully saturated rings. The predicted octanol–water partition coefficient (Wildman–Crippen LogP) is 4.57. The fourth-order valence-corrected chi connectivity index (χ4v) is 10.6. The van der Waals surface area contributed by atoms with Gasteiger partial charge in [-0.05, 0) is 109 Å². The number of halogens is 1. The van der Waals surface area contributed by atoms with Crippen LogP contribution in [0.1, 0.15) is 108 Å². The van der Waals surface area contributed by atoms with Crippen LogP contribution in [0, 0.1) is 18.7 Å². The van der Waals surface area contributed by atoms with E-state index in [-0.39, 0.29) is 25.0 Å². The second kappa shape index (κ2) is 14.3. The Labute approximate surface area is 321 Å². The molecule has 4 heterocycles. The van der Waals surface area contributed by atoms with Crippen molar-refractivity contribution in [1.82, 2.24) is 25.2 Å². The van der Waals surface area contributed by atoms with E-state index in [1.54, 1.807) is 13.0 Å². The molecule has 3 aliphatic heterocycles. The molecule has 3 saturated carbocycles. The zero-order chi connectivity index (χ0) is 38.8. The topological polar surface area (TPSA) is 176 Å². The van der Waals surface area contributed by atoms with E-state index in [0.29, 0.717) is 67.3 Å². The van der Waals surface area contributed by atoms with Gasteiger partial charge >= 0.3 is 6.09 Å². The molecule has 4 N–H and O–H groups in total. The van der Waals surface area contributed by atoms with Crippen molar-refractivity contribution in [1.29, 1.82) is 0 Å². The van der Waals surface area contributed by atoms with Gasteiger partial charge in [0, 0.05) is 23.3 Å². The molecule has 1 saturated heterocycles. The van der Waals surface area contributed by atoms with Crippen LogP contribution in [0.15, 0.2) is 30.4 Å². The Morgan fingerprint density at radius 1 is 1.11 bits per heavy atom. The number of alkyl carbamates (subject to hydrolysis) is 1. The molecule has 6 aliphatic rings. The molecule has 15 heteroatoms. The normalized spacial score (nSPS) is 31.3. The van der Waals surface area contributed by atoms with Gasteiger partial charge in [-0.1, -0.05) is 25.0 Å². The van der Waals surface area contributed by atoms with Gasteiger partial charge < -0.3 is 30.1 Å². The number of benzene rings is 1. The fourth-order valence-electron chi connectivity index (χ4n) is 9.15. The van der Waals surface area contributed by atoms with Crippen LogP contribution >= 0.6 is 0 Å². The summed E-state index contributed by atoms with van der Waals surface area (Å²) in [4.78, 5) is 48.8. The van der Waals surface area contributed by atoms with Crippen LogP contribution in [-0.2, 0) is 30.8 Å². The number of carbonyl (C=O) groups is 3. The summed E-state index contributed by atoms with van der Waals surface area (Å²) >= 11 is 0. The summed E-state index contributed by atoms with van der Waals surface area (Å²) in [7, 11) is -3.90.